The van der Waals surface area contributed by atoms with Gasteiger partial charge in [0.15, 0.2) is 0 Å². The van der Waals surface area contributed by atoms with E-state index in [-0.39, 0.29) is 5.57 Å². The first kappa shape index (κ1) is 15.4. The van der Waals surface area contributed by atoms with Crippen molar-refractivity contribution in [3.8, 4) is 0 Å². The first-order valence-corrected chi connectivity index (χ1v) is 6.65. The molecule has 0 aliphatic heterocycles. The van der Waals surface area contributed by atoms with Gasteiger partial charge >= 0.3 is 5.97 Å². The fourth-order valence-corrected chi connectivity index (χ4v) is 1.93. The lowest BCUT2D eigenvalue weighted by molar-refractivity contribution is -0.130. The molecule has 0 radical (unpaired) electrons. The Bertz CT molecular complexity index is 706. The molecule has 0 amide bonds. The van der Waals surface area contributed by atoms with Crippen molar-refractivity contribution in [2.24, 2.45) is 0 Å². The van der Waals surface area contributed by atoms with Crippen LogP contribution in [-0.4, -0.2) is 18.2 Å². The Morgan fingerprint density at radius 1 is 1.18 bits per heavy atom. The van der Waals surface area contributed by atoms with Crippen LogP contribution in [0.3, 0.4) is 0 Å². The Hall–Kier alpha value is -3.01. The summed E-state index contributed by atoms with van der Waals surface area (Å²) in [5.74, 6) is -1.03. The van der Waals surface area contributed by atoms with Gasteiger partial charge in [-0.1, -0.05) is 48.6 Å². The highest BCUT2D eigenvalue weighted by Crippen LogP contribution is 2.21. The number of aliphatic carboxylic acids is 1. The average molecular weight is 296 g/mol. The van der Waals surface area contributed by atoms with Gasteiger partial charge in [0.25, 0.3) is 0 Å². The quantitative estimate of drug-likeness (QED) is 0.496. The molecule has 0 atom stereocenters. The summed E-state index contributed by atoms with van der Waals surface area (Å²) in [4.78, 5) is 11.3. The van der Waals surface area contributed by atoms with Gasteiger partial charge < -0.3 is 14.3 Å². The summed E-state index contributed by atoms with van der Waals surface area (Å²) < 4.78 is 9.83. The van der Waals surface area contributed by atoms with E-state index in [0.29, 0.717) is 5.56 Å². The molecular formula is C18H16O4. The van der Waals surface area contributed by atoms with Gasteiger partial charge in [-0.2, -0.15) is 0 Å². The first-order chi connectivity index (χ1) is 10.7. The van der Waals surface area contributed by atoms with E-state index in [0.717, 1.165) is 11.1 Å². The zero-order valence-electron chi connectivity index (χ0n) is 12.1. The van der Waals surface area contributed by atoms with Crippen LogP contribution in [0.2, 0.25) is 0 Å². The minimum absolute atomic E-state index is 0.113. The molecule has 0 aliphatic carbocycles. The molecule has 112 valence electrons. The Morgan fingerprint density at radius 3 is 2.64 bits per heavy atom. The number of hydrogen-bond donors (Lipinski definition) is 1. The number of methoxy groups -OCH3 is 1. The summed E-state index contributed by atoms with van der Waals surface area (Å²) in [6.45, 7) is 0. The summed E-state index contributed by atoms with van der Waals surface area (Å²) >= 11 is 0. The standard InChI is InChI=1S/C18H16O4/c1-21-13-17(18(19)20)16-9-5-4-8-15(16)7-3-2-6-14-10-11-22-12-14/h2-13H,1H3,(H,19,20)/b6-2+,7-3?,17-13+. The van der Waals surface area contributed by atoms with Crippen molar-refractivity contribution in [1.29, 1.82) is 0 Å². The van der Waals surface area contributed by atoms with Gasteiger partial charge in [-0.05, 0) is 17.2 Å². The molecule has 1 N–H and O–H groups in total. The van der Waals surface area contributed by atoms with Crippen molar-refractivity contribution >= 4 is 23.7 Å². The normalized spacial score (nSPS) is 12.1. The fourth-order valence-electron chi connectivity index (χ4n) is 1.93. The molecule has 22 heavy (non-hydrogen) atoms. The second-order valence-corrected chi connectivity index (χ2v) is 4.43. The van der Waals surface area contributed by atoms with Gasteiger partial charge in [-0.25, -0.2) is 4.79 Å². The summed E-state index contributed by atoms with van der Waals surface area (Å²) in [7, 11) is 1.43. The molecule has 1 heterocycles. The van der Waals surface area contributed by atoms with Crippen molar-refractivity contribution in [2.45, 2.75) is 0 Å². The number of furan rings is 1. The Morgan fingerprint density at radius 2 is 1.95 bits per heavy atom. The minimum atomic E-state index is -1.03. The predicted molar refractivity (Wildman–Crippen MR) is 85.8 cm³/mol. The number of carboxylic acid groups (broad SMARTS) is 1. The lowest BCUT2D eigenvalue weighted by Crippen LogP contribution is -2.02. The number of carbonyl (C=O) groups is 1. The third-order valence-corrected chi connectivity index (χ3v) is 2.94. The van der Waals surface area contributed by atoms with Crippen molar-refractivity contribution in [3.63, 3.8) is 0 Å². The molecule has 0 spiro atoms. The highest BCUT2D eigenvalue weighted by molar-refractivity contribution is 6.16. The van der Waals surface area contributed by atoms with E-state index in [1.165, 1.54) is 13.4 Å². The number of allylic oxidation sites excluding steroid dienone is 2. The van der Waals surface area contributed by atoms with Crippen LogP contribution >= 0.6 is 0 Å². The van der Waals surface area contributed by atoms with E-state index in [1.807, 2.05) is 42.5 Å². The maximum atomic E-state index is 11.3. The van der Waals surface area contributed by atoms with Crippen LogP contribution in [0, 0.1) is 0 Å². The summed E-state index contributed by atoms with van der Waals surface area (Å²) in [5, 5.41) is 9.28. The molecule has 0 saturated heterocycles. The lowest BCUT2D eigenvalue weighted by Gasteiger charge is -2.06. The van der Waals surface area contributed by atoms with Crippen molar-refractivity contribution in [3.05, 3.63) is 78.0 Å². The molecular weight excluding hydrogens is 280 g/mol. The largest absolute Gasteiger partial charge is 0.503 e. The van der Waals surface area contributed by atoms with Gasteiger partial charge in [0.05, 0.1) is 25.9 Å². The molecule has 4 heteroatoms. The molecule has 0 unspecified atom stereocenters. The molecule has 2 rings (SSSR count). The number of hydrogen-bond acceptors (Lipinski definition) is 3. The van der Waals surface area contributed by atoms with Crippen LogP contribution in [0.1, 0.15) is 16.7 Å². The maximum absolute atomic E-state index is 11.3. The van der Waals surface area contributed by atoms with E-state index in [4.69, 9.17) is 9.15 Å². The average Bonchev–Trinajstić information content (AvgIpc) is 3.03. The van der Waals surface area contributed by atoms with E-state index in [2.05, 4.69) is 0 Å². The fraction of sp³-hybridized carbons (Fsp3) is 0.0556. The van der Waals surface area contributed by atoms with Crippen LogP contribution < -0.4 is 0 Å². The van der Waals surface area contributed by atoms with Gasteiger partial charge in [0.1, 0.15) is 5.57 Å². The smallest absolute Gasteiger partial charge is 0.339 e. The van der Waals surface area contributed by atoms with Gasteiger partial charge in [0, 0.05) is 5.56 Å². The number of benzene rings is 1. The minimum Gasteiger partial charge on any atom is -0.503 e. The predicted octanol–water partition coefficient (Wildman–Crippen LogP) is 4.08. The zero-order chi connectivity index (χ0) is 15.8. The second-order valence-electron chi connectivity index (χ2n) is 4.43. The summed E-state index contributed by atoms with van der Waals surface area (Å²) in [6.07, 6.45) is 11.9. The molecule has 1 aromatic carbocycles. The SMILES string of the molecule is CO/C=C(/C(=O)O)c1ccccc1C=C/C=C/c1ccoc1. The van der Waals surface area contributed by atoms with E-state index in [1.54, 1.807) is 24.7 Å². The van der Waals surface area contributed by atoms with Gasteiger partial charge in [0.2, 0.25) is 0 Å². The Labute approximate surface area is 128 Å². The lowest BCUT2D eigenvalue weighted by atomic mass is 10.00. The van der Waals surface area contributed by atoms with Crippen LogP contribution in [0.4, 0.5) is 0 Å². The highest BCUT2D eigenvalue weighted by atomic mass is 16.5. The third-order valence-electron chi connectivity index (χ3n) is 2.94. The molecule has 0 saturated carbocycles. The molecule has 2 aromatic rings. The van der Waals surface area contributed by atoms with Crippen molar-refractivity contribution in [1.82, 2.24) is 0 Å². The molecule has 0 bridgehead atoms. The monoisotopic (exact) mass is 296 g/mol. The van der Waals surface area contributed by atoms with Crippen LogP contribution in [0.5, 0.6) is 0 Å². The van der Waals surface area contributed by atoms with E-state index < -0.39 is 5.97 Å². The molecule has 4 nitrogen and oxygen atoms in total. The zero-order valence-corrected chi connectivity index (χ0v) is 12.1. The number of ether oxygens (including phenoxy) is 1. The van der Waals surface area contributed by atoms with E-state index >= 15 is 0 Å². The molecule has 0 fully saturated rings. The Balaban J connectivity index is 2.24. The third kappa shape index (κ3) is 3.99. The Kier molecular flexibility index (Phi) is 5.37. The first-order valence-electron chi connectivity index (χ1n) is 6.65. The molecule has 0 aliphatic rings. The van der Waals surface area contributed by atoms with Crippen molar-refractivity contribution < 1.29 is 19.1 Å². The van der Waals surface area contributed by atoms with Crippen molar-refractivity contribution in [2.75, 3.05) is 7.11 Å². The summed E-state index contributed by atoms with van der Waals surface area (Å²) in [5.41, 5.74) is 2.47. The van der Waals surface area contributed by atoms with E-state index in [9.17, 15) is 9.90 Å². The van der Waals surface area contributed by atoms with Crippen LogP contribution in [0.15, 0.2) is 65.7 Å². The molecule has 1 aromatic heterocycles. The number of carboxylic acids is 1. The highest BCUT2D eigenvalue weighted by Gasteiger charge is 2.13. The summed E-state index contributed by atoms with van der Waals surface area (Å²) in [6, 6.07) is 9.10. The van der Waals surface area contributed by atoms with Crippen LogP contribution in [-0.2, 0) is 9.53 Å². The second kappa shape index (κ2) is 7.69. The number of rotatable bonds is 6. The van der Waals surface area contributed by atoms with Gasteiger partial charge in [-0.15, -0.1) is 0 Å². The van der Waals surface area contributed by atoms with Gasteiger partial charge in [-0.3, -0.25) is 0 Å². The van der Waals surface area contributed by atoms with Crippen LogP contribution in [0.25, 0.3) is 17.7 Å². The maximum Gasteiger partial charge on any atom is 0.339 e. The topological polar surface area (TPSA) is 59.7 Å².